The molecule has 2 heterocycles. The number of carboxylic acid groups (broad SMARTS) is 1. The normalized spacial score (nSPS) is 25.2. The lowest BCUT2D eigenvalue weighted by molar-refractivity contribution is -0.149. The molecular weight excluding hydrogens is 328 g/mol. The predicted octanol–water partition coefficient (Wildman–Crippen LogP) is 3.35. The zero-order valence-corrected chi connectivity index (χ0v) is 14.8. The molecule has 2 fully saturated rings. The number of hydrogen-bond acceptors (Lipinski definition) is 4. The van der Waals surface area contributed by atoms with E-state index in [1.54, 1.807) is 12.4 Å². The Labute approximate surface area is 153 Å². The molecule has 1 saturated heterocycles. The molecule has 136 valence electrons. The van der Waals surface area contributed by atoms with Crippen molar-refractivity contribution in [3.8, 4) is 5.75 Å². The Morgan fingerprint density at radius 1 is 1.31 bits per heavy atom. The van der Waals surface area contributed by atoms with Crippen LogP contribution in [0.5, 0.6) is 5.75 Å². The average molecular weight is 352 g/mol. The SMILES string of the molecule is O=C(O)[C@@]12CCC[C@H]1CN(Cc1ccccc1OCc1cccnc1)C2. The van der Waals surface area contributed by atoms with Crippen LogP contribution in [0.25, 0.3) is 0 Å². The van der Waals surface area contributed by atoms with Gasteiger partial charge in [0.25, 0.3) is 0 Å². The third-order valence-electron chi connectivity index (χ3n) is 5.85. The van der Waals surface area contributed by atoms with Crippen molar-refractivity contribution in [3.63, 3.8) is 0 Å². The number of para-hydroxylation sites is 1. The smallest absolute Gasteiger partial charge is 0.311 e. The topological polar surface area (TPSA) is 62.7 Å². The number of ether oxygens (including phenoxy) is 1. The number of hydrogen-bond donors (Lipinski definition) is 1. The molecule has 0 radical (unpaired) electrons. The summed E-state index contributed by atoms with van der Waals surface area (Å²) >= 11 is 0. The van der Waals surface area contributed by atoms with Crippen LogP contribution in [0.15, 0.2) is 48.8 Å². The molecule has 1 aliphatic carbocycles. The lowest BCUT2D eigenvalue weighted by Gasteiger charge is -2.24. The lowest BCUT2D eigenvalue weighted by Crippen LogP contribution is -2.35. The van der Waals surface area contributed by atoms with Crippen LogP contribution >= 0.6 is 0 Å². The highest BCUT2D eigenvalue weighted by Gasteiger charge is 2.54. The highest BCUT2D eigenvalue weighted by atomic mass is 16.5. The van der Waals surface area contributed by atoms with Crippen LogP contribution in [-0.4, -0.2) is 34.0 Å². The monoisotopic (exact) mass is 352 g/mol. The van der Waals surface area contributed by atoms with E-state index in [0.29, 0.717) is 13.2 Å². The minimum atomic E-state index is -0.622. The van der Waals surface area contributed by atoms with Gasteiger partial charge in [-0.2, -0.15) is 0 Å². The second kappa shape index (κ2) is 7.08. The number of nitrogens with zero attached hydrogens (tertiary/aromatic N) is 2. The summed E-state index contributed by atoms with van der Waals surface area (Å²) in [7, 11) is 0. The third-order valence-corrected chi connectivity index (χ3v) is 5.85. The van der Waals surface area contributed by atoms with E-state index in [-0.39, 0.29) is 5.92 Å². The average Bonchev–Trinajstić information content (AvgIpc) is 3.20. The van der Waals surface area contributed by atoms with Gasteiger partial charge in [-0.05, 0) is 30.9 Å². The molecular formula is C21H24N2O3. The van der Waals surface area contributed by atoms with Gasteiger partial charge < -0.3 is 9.84 Å². The van der Waals surface area contributed by atoms with E-state index in [1.165, 1.54) is 0 Å². The van der Waals surface area contributed by atoms with Crippen LogP contribution < -0.4 is 4.74 Å². The maximum atomic E-state index is 11.9. The molecule has 0 unspecified atom stereocenters. The number of benzene rings is 1. The summed E-state index contributed by atoms with van der Waals surface area (Å²) in [4.78, 5) is 18.3. The molecule has 1 aromatic heterocycles. The van der Waals surface area contributed by atoms with E-state index in [9.17, 15) is 9.90 Å². The van der Waals surface area contributed by atoms with E-state index < -0.39 is 11.4 Å². The number of carbonyl (C=O) groups is 1. The first-order valence-electron chi connectivity index (χ1n) is 9.23. The minimum absolute atomic E-state index is 0.281. The van der Waals surface area contributed by atoms with Crippen LogP contribution in [0.1, 0.15) is 30.4 Å². The predicted molar refractivity (Wildman–Crippen MR) is 97.7 cm³/mol. The molecule has 1 N–H and O–H groups in total. The molecule has 2 atom stereocenters. The van der Waals surface area contributed by atoms with Gasteiger partial charge in [0.2, 0.25) is 0 Å². The van der Waals surface area contributed by atoms with Crippen LogP contribution in [0.4, 0.5) is 0 Å². The second-order valence-electron chi connectivity index (χ2n) is 7.48. The van der Waals surface area contributed by atoms with E-state index in [4.69, 9.17) is 4.74 Å². The number of rotatable bonds is 6. The fraction of sp³-hybridized carbons (Fsp3) is 0.429. The van der Waals surface area contributed by atoms with Crippen molar-refractivity contribution in [2.75, 3.05) is 13.1 Å². The van der Waals surface area contributed by atoms with Gasteiger partial charge >= 0.3 is 5.97 Å². The summed E-state index contributed by atoms with van der Waals surface area (Å²) in [6.07, 6.45) is 6.43. The number of aromatic nitrogens is 1. The van der Waals surface area contributed by atoms with Gasteiger partial charge in [-0.1, -0.05) is 30.7 Å². The Hall–Kier alpha value is -2.40. The Morgan fingerprint density at radius 2 is 2.19 bits per heavy atom. The van der Waals surface area contributed by atoms with E-state index in [0.717, 1.165) is 49.2 Å². The van der Waals surface area contributed by atoms with Crippen molar-refractivity contribution in [1.82, 2.24) is 9.88 Å². The van der Waals surface area contributed by atoms with Crippen molar-refractivity contribution in [1.29, 1.82) is 0 Å². The summed E-state index contributed by atoms with van der Waals surface area (Å²) in [5, 5.41) is 9.77. The second-order valence-corrected chi connectivity index (χ2v) is 7.48. The van der Waals surface area contributed by atoms with Crippen LogP contribution in [0.2, 0.25) is 0 Å². The maximum absolute atomic E-state index is 11.9. The van der Waals surface area contributed by atoms with Gasteiger partial charge in [-0.3, -0.25) is 14.7 Å². The van der Waals surface area contributed by atoms with Gasteiger partial charge in [0, 0.05) is 43.2 Å². The van der Waals surface area contributed by atoms with Gasteiger partial charge in [-0.15, -0.1) is 0 Å². The van der Waals surface area contributed by atoms with Gasteiger partial charge in [0.1, 0.15) is 12.4 Å². The number of carboxylic acids is 1. The molecule has 1 aliphatic heterocycles. The lowest BCUT2D eigenvalue weighted by atomic mass is 9.81. The molecule has 1 saturated carbocycles. The zero-order chi connectivity index (χ0) is 18.0. The molecule has 5 heteroatoms. The molecule has 4 rings (SSSR count). The number of aliphatic carboxylic acids is 1. The molecule has 5 nitrogen and oxygen atoms in total. The summed E-state index contributed by atoms with van der Waals surface area (Å²) in [6, 6.07) is 11.9. The highest BCUT2D eigenvalue weighted by molar-refractivity contribution is 5.76. The summed E-state index contributed by atoms with van der Waals surface area (Å²) < 4.78 is 6.02. The molecule has 0 bridgehead atoms. The molecule has 0 amide bonds. The standard InChI is InChI=1S/C21H24N2O3/c24-20(25)21-9-3-7-18(21)13-23(15-21)12-17-6-1-2-8-19(17)26-14-16-5-4-10-22-11-16/h1-2,4-6,8,10-11,18H,3,7,9,12-15H2,(H,24,25)/t18-,21+/m0/s1. The van der Waals surface area contributed by atoms with E-state index >= 15 is 0 Å². The van der Waals surface area contributed by atoms with Crippen LogP contribution in [0.3, 0.4) is 0 Å². The molecule has 1 aromatic carbocycles. The molecule has 2 aliphatic rings. The Balaban J connectivity index is 1.45. The first-order valence-corrected chi connectivity index (χ1v) is 9.23. The highest BCUT2D eigenvalue weighted by Crippen LogP contribution is 2.49. The van der Waals surface area contributed by atoms with Crippen molar-refractivity contribution >= 4 is 5.97 Å². The summed E-state index contributed by atoms with van der Waals surface area (Å²) in [6.45, 7) is 2.72. The van der Waals surface area contributed by atoms with E-state index in [2.05, 4.69) is 16.0 Å². The first kappa shape index (κ1) is 17.0. The van der Waals surface area contributed by atoms with E-state index in [1.807, 2.05) is 30.3 Å². The first-order chi connectivity index (χ1) is 12.7. The quantitative estimate of drug-likeness (QED) is 0.864. The molecule has 0 spiro atoms. The third kappa shape index (κ3) is 3.19. The summed E-state index contributed by atoms with van der Waals surface area (Å²) in [5.74, 6) is 0.518. The summed E-state index contributed by atoms with van der Waals surface area (Å²) in [5.41, 5.74) is 1.60. The van der Waals surface area contributed by atoms with Crippen molar-refractivity contribution in [2.45, 2.75) is 32.4 Å². The zero-order valence-electron chi connectivity index (χ0n) is 14.8. The van der Waals surface area contributed by atoms with Gasteiger partial charge in [0.05, 0.1) is 5.41 Å². The minimum Gasteiger partial charge on any atom is -0.489 e. The fourth-order valence-corrected chi connectivity index (χ4v) is 4.52. The maximum Gasteiger partial charge on any atom is 0.311 e. The van der Waals surface area contributed by atoms with Crippen LogP contribution in [-0.2, 0) is 17.9 Å². The largest absolute Gasteiger partial charge is 0.489 e. The fourth-order valence-electron chi connectivity index (χ4n) is 4.52. The van der Waals surface area contributed by atoms with Crippen LogP contribution in [0, 0.1) is 11.3 Å². The van der Waals surface area contributed by atoms with Crippen molar-refractivity contribution in [3.05, 3.63) is 59.9 Å². The number of likely N-dealkylation sites (tertiary alicyclic amines) is 1. The number of fused-ring (bicyclic) bond motifs is 1. The molecule has 2 aromatic rings. The Kier molecular flexibility index (Phi) is 4.64. The number of pyridine rings is 1. The van der Waals surface area contributed by atoms with Gasteiger partial charge in [-0.25, -0.2) is 0 Å². The Morgan fingerprint density at radius 3 is 2.96 bits per heavy atom. The molecule has 26 heavy (non-hydrogen) atoms. The van der Waals surface area contributed by atoms with Crippen molar-refractivity contribution in [2.24, 2.45) is 11.3 Å². The van der Waals surface area contributed by atoms with Gasteiger partial charge in [0.15, 0.2) is 0 Å². The van der Waals surface area contributed by atoms with Crippen molar-refractivity contribution < 1.29 is 14.6 Å². The Bertz CT molecular complexity index is 780.